The highest BCUT2D eigenvalue weighted by Crippen LogP contribution is 2.24. The lowest BCUT2D eigenvalue weighted by Gasteiger charge is -2.43. The van der Waals surface area contributed by atoms with Crippen LogP contribution in [0.5, 0.6) is 0 Å². The number of ether oxygens (including phenoxy) is 2. The van der Waals surface area contributed by atoms with Gasteiger partial charge in [-0.3, -0.25) is 9.88 Å². The third-order valence-electron chi connectivity index (χ3n) is 4.73. The number of aliphatic carboxylic acids is 2. The second-order valence-corrected chi connectivity index (χ2v) is 9.84. The van der Waals surface area contributed by atoms with Gasteiger partial charge < -0.3 is 19.7 Å². The maximum Gasteiger partial charge on any atom is 0.490 e. The summed E-state index contributed by atoms with van der Waals surface area (Å²) in [5.41, 5.74) is 0.541. The molecule has 11 nitrogen and oxygen atoms in total. The molecule has 18 heteroatoms. The monoisotopic (exact) mass is 569 g/mol. The highest BCUT2D eigenvalue weighted by Gasteiger charge is 2.42. The van der Waals surface area contributed by atoms with E-state index in [1.165, 1.54) is 10.6 Å². The van der Waals surface area contributed by atoms with Crippen LogP contribution in [0.15, 0.2) is 24.5 Å². The van der Waals surface area contributed by atoms with E-state index in [2.05, 4.69) is 9.88 Å². The molecule has 3 rings (SSSR count). The van der Waals surface area contributed by atoms with Gasteiger partial charge in [0.2, 0.25) is 10.0 Å². The first-order valence-electron chi connectivity index (χ1n) is 10.2. The minimum absolute atomic E-state index is 0.343. The van der Waals surface area contributed by atoms with Crippen molar-refractivity contribution in [3.63, 3.8) is 0 Å². The van der Waals surface area contributed by atoms with E-state index >= 15 is 0 Å². The molecule has 0 bridgehead atoms. The van der Waals surface area contributed by atoms with Crippen LogP contribution >= 0.6 is 0 Å². The minimum atomic E-state index is -5.08. The van der Waals surface area contributed by atoms with Crippen LogP contribution in [0.1, 0.15) is 5.56 Å². The number of sulfonamides is 1. The van der Waals surface area contributed by atoms with E-state index in [1.807, 2.05) is 18.3 Å². The molecule has 2 saturated heterocycles. The number of rotatable bonds is 3. The summed E-state index contributed by atoms with van der Waals surface area (Å²) in [4.78, 5) is 24.2. The third kappa shape index (κ3) is 12.0. The Labute approximate surface area is 207 Å². The Kier molecular flexibility index (Phi) is 11.7. The number of carboxylic acids is 2. The maximum absolute atomic E-state index is 11.9. The molecule has 1 aromatic rings. The molecular weight excluding hydrogens is 544 g/mol. The number of carboxylic acid groups (broad SMARTS) is 2. The smallest absolute Gasteiger partial charge is 0.475 e. The first kappa shape index (κ1) is 32.5. The Morgan fingerprint density at radius 3 is 2.08 bits per heavy atom. The van der Waals surface area contributed by atoms with Crippen molar-refractivity contribution in [1.82, 2.24) is 14.2 Å². The Hall–Kier alpha value is -2.54. The molecular formula is C19H25F6N3O8S. The SMILES string of the molecule is CS(=O)(=O)N1CCOCC2(CN(Cc3cccnc3)CCO2)C1.O=C(O)C(F)(F)F.O=C(O)C(F)(F)F. The fraction of sp³-hybridized carbons (Fsp3) is 0.632. The van der Waals surface area contributed by atoms with Gasteiger partial charge in [0.1, 0.15) is 5.60 Å². The number of alkyl halides is 6. The van der Waals surface area contributed by atoms with E-state index in [0.29, 0.717) is 39.5 Å². The summed E-state index contributed by atoms with van der Waals surface area (Å²) in [5.74, 6) is -5.51. The molecule has 2 aliphatic heterocycles. The molecule has 2 aliphatic rings. The molecule has 212 valence electrons. The molecule has 1 aromatic heterocycles. The van der Waals surface area contributed by atoms with E-state index in [4.69, 9.17) is 29.3 Å². The first-order valence-corrected chi connectivity index (χ1v) is 12.1. The topological polar surface area (TPSA) is 147 Å². The number of carbonyl (C=O) groups is 2. The standard InChI is InChI=1S/C15H23N3O4S.2C2HF3O2/c1-23(19,20)18-6-7-21-13-15(12-18)11-17(5-8-22-15)10-14-3-2-4-16-9-14;2*3-2(4,5)1(6)7/h2-4,9H,5-8,10-13H2,1H3;2*(H,6,7). The van der Waals surface area contributed by atoms with E-state index < -0.39 is 39.9 Å². The average Bonchev–Trinajstić information content (AvgIpc) is 2.96. The number of hydrogen-bond donors (Lipinski definition) is 2. The fourth-order valence-corrected chi connectivity index (χ4v) is 4.02. The van der Waals surface area contributed by atoms with Gasteiger partial charge in [0.05, 0.1) is 26.1 Å². The van der Waals surface area contributed by atoms with Gasteiger partial charge >= 0.3 is 24.3 Å². The molecule has 0 amide bonds. The average molecular weight is 569 g/mol. The normalized spacial score (nSPS) is 21.6. The van der Waals surface area contributed by atoms with Crippen molar-refractivity contribution in [3.05, 3.63) is 30.1 Å². The van der Waals surface area contributed by atoms with Gasteiger partial charge in [-0.05, 0) is 11.6 Å². The highest BCUT2D eigenvalue weighted by molar-refractivity contribution is 7.88. The minimum Gasteiger partial charge on any atom is -0.475 e. The number of nitrogens with zero attached hydrogens (tertiary/aromatic N) is 3. The molecule has 0 aliphatic carbocycles. The summed E-state index contributed by atoms with van der Waals surface area (Å²) in [7, 11) is -3.26. The Bertz CT molecular complexity index is 970. The molecule has 2 fully saturated rings. The van der Waals surface area contributed by atoms with Crippen LogP contribution in [0, 0.1) is 0 Å². The largest absolute Gasteiger partial charge is 0.490 e. The predicted molar refractivity (Wildman–Crippen MR) is 113 cm³/mol. The summed E-state index contributed by atoms with van der Waals surface area (Å²) in [6, 6.07) is 3.97. The number of pyridine rings is 1. The van der Waals surface area contributed by atoms with Gasteiger partial charge in [-0.2, -0.15) is 30.6 Å². The van der Waals surface area contributed by atoms with Crippen LogP contribution in [0.2, 0.25) is 0 Å². The summed E-state index contributed by atoms with van der Waals surface area (Å²) >= 11 is 0. The zero-order chi connectivity index (χ0) is 28.5. The second kappa shape index (κ2) is 13.3. The van der Waals surface area contributed by atoms with Crippen molar-refractivity contribution in [1.29, 1.82) is 0 Å². The molecule has 1 spiro atoms. The Morgan fingerprint density at radius 1 is 1.05 bits per heavy atom. The molecule has 0 saturated carbocycles. The molecule has 0 radical (unpaired) electrons. The zero-order valence-electron chi connectivity index (χ0n) is 19.3. The first-order chi connectivity index (χ1) is 16.9. The number of morpholine rings is 1. The van der Waals surface area contributed by atoms with Crippen LogP contribution in [0.3, 0.4) is 0 Å². The van der Waals surface area contributed by atoms with Crippen molar-refractivity contribution in [2.24, 2.45) is 0 Å². The van der Waals surface area contributed by atoms with Crippen molar-refractivity contribution < 1.29 is 64.0 Å². The number of hydrogen-bond acceptors (Lipinski definition) is 8. The lowest BCUT2D eigenvalue weighted by molar-refractivity contribution is -0.193. The summed E-state index contributed by atoms with van der Waals surface area (Å²) in [6.45, 7) is 4.35. The number of halogens is 6. The van der Waals surface area contributed by atoms with Gasteiger partial charge in [-0.15, -0.1) is 0 Å². The maximum atomic E-state index is 11.9. The van der Waals surface area contributed by atoms with Gasteiger partial charge in [0.15, 0.2) is 0 Å². The van der Waals surface area contributed by atoms with Crippen LogP contribution in [-0.4, -0.2) is 115 Å². The summed E-state index contributed by atoms with van der Waals surface area (Å²) in [6.07, 6.45) is -5.32. The van der Waals surface area contributed by atoms with Crippen molar-refractivity contribution in [2.75, 3.05) is 52.3 Å². The third-order valence-corrected chi connectivity index (χ3v) is 5.97. The molecule has 2 N–H and O–H groups in total. The Morgan fingerprint density at radius 2 is 1.62 bits per heavy atom. The van der Waals surface area contributed by atoms with Crippen molar-refractivity contribution in [3.8, 4) is 0 Å². The van der Waals surface area contributed by atoms with Gasteiger partial charge in [0, 0.05) is 45.1 Å². The highest BCUT2D eigenvalue weighted by atomic mass is 32.2. The molecule has 0 aromatic carbocycles. The Balaban J connectivity index is 0.000000404. The van der Waals surface area contributed by atoms with Gasteiger partial charge in [-0.1, -0.05) is 6.07 Å². The molecule has 1 unspecified atom stereocenters. The van der Waals surface area contributed by atoms with E-state index in [-0.39, 0.29) is 0 Å². The lowest BCUT2D eigenvalue weighted by atomic mass is 10.0. The van der Waals surface area contributed by atoms with Crippen LogP contribution in [0.25, 0.3) is 0 Å². The number of aromatic nitrogens is 1. The quantitative estimate of drug-likeness (QED) is 0.510. The summed E-state index contributed by atoms with van der Waals surface area (Å²) < 4.78 is 100. The molecule has 37 heavy (non-hydrogen) atoms. The van der Waals surface area contributed by atoms with Gasteiger partial charge in [0.25, 0.3) is 0 Å². The van der Waals surface area contributed by atoms with Crippen LogP contribution < -0.4 is 0 Å². The molecule has 1 atom stereocenters. The van der Waals surface area contributed by atoms with E-state index in [9.17, 15) is 34.8 Å². The van der Waals surface area contributed by atoms with E-state index in [0.717, 1.165) is 18.7 Å². The zero-order valence-corrected chi connectivity index (χ0v) is 20.1. The molecule has 3 heterocycles. The van der Waals surface area contributed by atoms with Crippen molar-refractivity contribution in [2.45, 2.75) is 24.5 Å². The van der Waals surface area contributed by atoms with Crippen LogP contribution in [0.4, 0.5) is 26.3 Å². The predicted octanol–water partition coefficient (Wildman–Crippen LogP) is 1.21. The second-order valence-electron chi connectivity index (χ2n) is 7.86. The van der Waals surface area contributed by atoms with Crippen LogP contribution in [-0.2, 0) is 35.6 Å². The van der Waals surface area contributed by atoms with Crippen molar-refractivity contribution >= 4 is 22.0 Å². The lowest BCUT2D eigenvalue weighted by Crippen LogP contribution is -2.58. The summed E-state index contributed by atoms with van der Waals surface area (Å²) in [5, 5.41) is 14.2. The van der Waals surface area contributed by atoms with E-state index in [1.54, 1.807) is 6.20 Å². The van der Waals surface area contributed by atoms with Gasteiger partial charge in [-0.25, -0.2) is 18.0 Å². The fourth-order valence-electron chi connectivity index (χ4n) is 3.14.